The van der Waals surface area contributed by atoms with Gasteiger partial charge in [0.05, 0.1) is 21.5 Å². The maximum Gasteiger partial charge on any atom is 0.238 e. The van der Waals surface area contributed by atoms with Crippen molar-refractivity contribution in [2.75, 3.05) is 18.9 Å². The van der Waals surface area contributed by atoms with Crippen molar-refractivity contribution in [3.8, 4) is 0 Å². The number of hydrogen-bond donors (Lipinski definition) is 2. The Hall–Kier alpha value is -1.64. The van der Waals surface area contributed by atoms with Gasteiger partial charge < -0.3 is 5.32 Å². The molecule has 0 saturated heterocycles. The maximum absolute atomic E-state index is 12.1. The van der Waals surface area contributed by atoms with Gasteiger partial charge in [-0.15, -0.1) is 0 Å². The van der Waals surface area contributed by atoms with Crippen LogP contribution in [0.15, 0.2) is 47.4 Å². The van der Waals surface area contributed by atoms with Crippen molar-refractivity contribution in [1.29, 1.82) is 0 Å². The van der Waals surface area contributed by atoms with E-state index < -0.39 is 10.0 Å². The fraction of sp³-hybridized carbons (Fsp3) is 0.188. The van der Waals surface area contributed by atoms with Gasteiger partial charge in [0.2, 0.25) is 15.9 Å². The molecular formula is C16H17Cl2N3O3S. The van der Waals surface area contributed by atoms with Crippen LogP contribution in [0.1, 0.15) is 5.56 Å². The maximum atomic E-state index is 12.1. The number of halogens is 2. The standard InChI is InChI=1S/C16H17Cl2N3O3S/c1-21(9-11-4-2-7-14(17)16(11)18)10-15(22)20-12-5-3-6-13(8-12)25(19,23)24/h2-8H,9-10H2,1H3,(H,20,22)(H2,19,23,24). The second-order valence-corrected chi connectivity index (χ2v) is 7.85. The SMILES string of the molecule is CN(CC(=O)Nc1cccc(S(N)(=O)=O)c1)Cc1cccc(Cl)c1Cl. The van der Waals surface area contributed by atoms with E-state index in [1.807, 2.05) is 6.07 Å². The molecule has 0 aliphatic heterocycles. The molecule has 0 radical (unpaired) electrons. The Kier molecular flexibility index (Phi) is 6.42. The van der Waals surface area contributed by atoms with E-state index in [2.05, 4.69) is 5.32 Å². The molecule has 0 aliphatic rings. The summed E-state index contributed by atoms with van der Waals surface area (Å²) in [4.78, 5) is 13.8. The van der Waals surface area contributed by atoms with Gasteiger partial charge in [0.15, 0.2) is 0 Å². The van der Waals surface area contributed by atoms with Crippen LogP contribution in [0.3, 0.4) is 0 Å². The Morgan fingerprint density at radius 3 is 2.56 bits per heavy atom. The van der Waals surface area contributed by atoms with Crippen molar-refractivity contribution in [1.82, 2.24) is 4.90 Å². The number of benzene rings is 2. The smallest absolute Gasteiger partial charge is 0.238 e. The van der Waals surface area contributed by atoms with Gasteiger partial charge in [-0.3, -0.25) is 9.69 Å². The molecular weight excluding hydrogens is 385 g/mol. The largest absolute Gasteiger partial charge is 0.325 e. The van der Waals surface area contributed by atoms with E-state index in [1.54, 1.807) is 30.1 Å². The molecule has 25 heavy (non-hydrogen) atoms. The Labute approximate surface area is 156 Å². The minimum absolute atomic E-state index is 0.0654. The lowest BCUT2D eigenvalue weighted by atomic mass is 10.2. The third kappa shape index (κ3) is 5.69. The number of amides is 1. The summed E-state index contributed by atoms with van der Waals surface area (Å²) in [6.07, 6.45) is 0. The average molecular weight is 402 g/mol. The van der Waals surface area contributed by atoms with E-state index in [4.69, 9.17) is 28.3 Å². The highest BCUT2D eigenvalue weighted by Crippen LogP contribution is 2.26. The molecule has 0 aromatic heterocycles. The first-order valence-electron chi connectivity index (χ1n) is 7.21. The number of carbonyl (C=O) groups excluding carboxylic acids is 1. The summed E-state index contributed by atoms with van der Waals surface area (Å²) in [6.45, 7) is 0.520. The molecule has 0 unspecified atom stereocenters. The minimum Gasteiger partial charge on any atom is -0.325 e. The topological polar surface area (TPSA) is 92.5 Å². The summed E-state index contributed by atoms with van der Waals surface area (Å²) in [5.74, 6) is -0.299. The summed E-state index contributed by atoms with van der Waals surface area (Å²) in [7, 11) is -2.06. The van der Waals surface area contributed by atoms with Gasteiger partial charge in [-0.05, 0) is 36.9 Å². The van der Waals surface area contributed by atoms with Gasteiger partial charge in [-0.1, -0.05) is 41.4 Å². The van der Waals surface area contributed by atoms with E-state index in [1.165, 1.54) is 18.2 Å². The zero-order valence-corrected chi connectivity index (χ0v) is 15.7. The van der Waals surface area contributed by atoms with Crippen LogP contribution in [0.2, 0.25) is 10.0 Å². The number of likely N-dealkylation sites (N-methyl/N-ethyl adjacent to an activating group) is 1. The number of nitrogens with two attached hydrogens (primary N) is 1. The predicted molar refractivity (Wildman–Crippen MR) is 99.2 cm³/mol. The van der Waals surface area contributed by atoms with Crippen molar-refractivity contribution < 1.29 is 13.2 Å². The van der Waals surface area contributed by atoms with Crippen molar-refractivity contribution in [3.63, 3.8) is 0 Å². The van der Waals surface area contributed by atoms with Gasteiger partial charge in [-0.25, -0.2) is 13.6 Å². The highest BCUT2D eigenvalue weighted by Gasteiger charge is 2.12. The van der Waals surface area contributed by atoms with Crippen LogP contribution in [0.5, 0.6) is 0 Å². The molecule has 2 aromatic rings. The van der Waals surface area contributed by atoms with Crippen LogP contribution in [-0.2, 0) is 21.4 Å². The van der Waals surface area contributed by atoms with E-state index in [-0.39, 0.29) is 17.3 Å². The van der Waals surface area contributed by atoms with Crippen molar-refractivity contribution in [3.05, 3.63) is 58.1 Å². The van der Waals surface area contributed by atoms with Gasteiger partial charge in [-0.2, -0.15) is 0 Å². The number of rotatable bonds is 6. The van der Waals surface area contributed by atoms with Gasteiger partial charge in [0, 0.05) is 12.2 Å². The molecule has 1 amide bonds. The first-order chi connectivity index (χ1) is 11.7. The Bertz CT molecular complexity index is 888. The molecule has 6 nitrogen and oxygen atoms in total. The number of nitrogens with one attached hydrogen (secondary N) is 1. The molecule has 9 heteroatoms. The Morgan fingerprint density at radius 2 is 1.88 bits per heavy atom. The van der Waals surface area contributed by atoms with Crippen LogP contribution in [0, 0.1) is 0 Å². The number of sulfonamides is 1. The first kappa shape index (κ1) is 19.7. The molecule has 0 spiro atoms. The van der Waals surface area contributed by atoms with Gasteiger partial charge in [0.25, 0.3) is 0 Å². The van der Waals surface area contributed by atoms with Crippen LogP contribution in [0.4, 0.5) is 5.69 Å². The average Bonchev–Trinajstić information content (AvgIpc) is 2.51. The Morgan fingerprint density at radius 1 is 1.20 bits per heavy atom. The second kappa shape index (κ2) is 8.16. The number of primary sulfonamides is 1. The summed E-state index contributed by atoms with van der Waals surface area (Å²) in [5, 5.41) is 8.63. The van der Waals surface area contributed by atoms with E-state index in [9.17, 15) is 13.2 Å². The lowest BCUT2D eigenvalue weighted by Crippen LogP contribution is -2.30. The summed E-state index contributed by atoms with van der Waals surface area (Å²) in [5.41, 5.74) is 1.16. The molecule has 0 heterocycles. The highest BCUT2D eigenvalue weighted by molar-refractivity contribution is 7.89. The van der Waals surface area contributed by atoms with E-state index >= 15 is 0 Å². The van der Waals surface area contributed by atoms with E-state index in [0.29, 0.717) is 22.3 Å². The van der Waals surface area contributed by atoms with Crippen LogP contribution in [0.25, 0.3) is 0 Å². The molecule has 2 rings (SSSR count). The zero-order chi connectivity index (χ0) is 18.6. The molecule has 134 valence electrons. The summed E-state index contributed by atoms with van der Waals surface area (Å²) >= 11 is 12.1. The van der Waals surface area contributed by atoms with Crippen molar-refractivity contribution in [2.45, 2.75) is 11.4 Å². The van der Waals surface area contributed by atoms with Crippen LogP contribution < -0.4 is 10.5 Å². The van der Waals surface area contributed by atoms with E-state index in [0.717, 1.165) is 5.56 Å². The van der Waals surface area contributed by atoms with Crippen LogP contribution in [-0.4, -0.2) is 32.8 Å². The normalized spacial score (nSPS) is 11.6. The lowest BCUT2D eigenvalue weighted by molar-refractivity contribution is -0.117. The number of hydrogen-bond acceptors (Lipinski definition) is 4. The van der Waals surface area contributed by atoms with Crippen molar-refractivity contribution in [2.24, 2.45) is 5.14 Å². The first-order valence-corrected chi connectivity index (χ1v) is 9.51. The predicted octanol–water partition coefficient (Wildman–Crippen LogP) is 2.71. The molecule has 0 saturated carbocycles. The molecule has 0 fully saturated rings. The fourth-order valence-corrected chi connectivity index (χ4v) is 3.15. The van der Waals surface area contributed by atoms with Crippen molar-refractivity contribution >= 4 is 44.8 Å². The second-order valence-electron chi connectivity index (χ2n) is 5.51. The lowest BCUT2D eigenvalue weighted by Gasteiger charge is -2.17. The van der Waals surface area contributed by atoms with Crippen LogP contribution >= 0.6 is 23.2 Å². The number of anilines is 1. The molecule has 3 N–H and O–H groups in total. The minimum atomic E-state index is -3.82. The molecule has 2 aromatic carbocycles. The monoisotopic (exact) mass is 401 g/mol. The fourth-order valence-electron chi connectivity index (χ4n) is 2.21. The highest BCUT2D eigenvalue weighted by atomic mass is 35.5. The Balaban J connectivity index is 1.99. The number of nitrogens with zero attached hydrogens (tertiary/aromatic N) is 1. The quantitative estimate of drug-likeness (QED) is 0.777. The van der Waals surface area contributed by atoms with Gasteiger partial charge in [0.1, 0.15) is 0 Å². The zero-order valence-electron chi connectivity index (χ0n) is 13.4. The number of carbonyl (C=O) groups is 1. The third-order valence-electron chi connectivity index (χ3n) is 3.33. The van der Waals surface area contributed by atoms with Gasteiger partial charge >= 0.3 is 0 Å². The summed E-state index contributed by atoms with van der Waals surface area (Å²) < 4.78 is 22.7. The summed E-state index contributed by atoms with van der Waals surface area (Å²) in [6, 6.07) is 11.1. The molecule has 0 atom stereocenters. The third-order valence-corrected chi connectivity index (χ3v) is 5.10. The molecule has 0 bridgehead atoms. The molecule has 0 aliphatic carbocycles.